The third-order valence-electron chi connectivity index (χ3n) is 3.56. The topological polar surface area (TPSA) is 101 Å². The molecule has 3 amide bonds. The highest BCUT2D eigenvalue weighted by atomic mass is 35.5. The number of anilines is 1. The molecule has 0 aliphatic carbocycles. The molecule has 2 aromatic rings. The van der Waals surface area contributed by atoms with E-state index >= 15 is 0 Å². The van der Waals surface area contributed by atoms with Crippen LogP contribution in [0.1, 0.15) is 22.8 Å². The van der Waals surface area contributed by atoms with E-state index in [-0.39, 0.29) is 12.3 Å². The molecule has 0 saturated heterocycles. The van der Waals surface area contributed by atoms with Crippen LogP contribution in [0.2, 0.25) is 10.0 Å². The molecule has 2 aromatic carbocycles. The van der Waals surface area contributed by atoms with Crippen LogP contribution in [0.25, 0.3) is 0 Å². The minimum absolute atomic E-state index is 0.140. The maximum atomic E-state index is 12.4. The van der Waals surface area contributed by atoms with Gasteiger partial charge in [0.15, 0.2) is 0 Å². The zero-order chi connectivity index (χ0) is 19.3. The van der Waals surface area contributed by atoms with E-state index in [4.69, 9.17) is 28.9 Å². The van der Waals surface area contributed by atoms with Gasteiger partial charge in [0.05, 0.1) is 0 Å². The van der Waals surface area contributed by atoms with E-state index in [2.05, 4.69) is 10.6 Å². The van der Waals surface area contributed by atoms with Crippen LogP contribution in [0.4, 0.5) is 5.69 Å². The van der Waals surface area contributed by atoms with Crippen molar-refractivity contribution in [3.8, 4) is 0 Å². The van der Waals surface area contributed by atoms with Crippen molar-refractivity contribution in [3.05, 3.63) is 63.6 Å². The van der Waals surface area contributed by atoms with Crippen LogP contribution in [0, 0.1) is 0 Å². The van der Waals surface area contributed by atoms with Crippen LogP contribution >= 0.6 is 23.2 Å². The second kappa shape index (κ2) is 8.69. The first-order valence-electron chi connectivity index (χ1n) is 7.68. The number of nitrogens with two attached hydrogens (primary N) is 1. The Morgan fingerprint density at radius 2 is 1.73 bits per heavy atom. The zero-order valence-corrected chi connectivity index (χ0v) is 15.4. The maximum absolute atomic E-state index is 12.4. The number of halogens is 2. The Labute approximate surface area is 160 Å². The highest BCUT2D eigenvalue weighted by Gasteiger charge is 2.20. The molecule has 26 heavy (non-hydrogen) atoms. The Bertz CT molecular complexity index is 838. The molecule has 6 nitrogen and oxygen atoms in total. The second-order valence-corrected chi connectivity index (χ2v) is 6.47. The highest BCUT2D eigenvalue weighted by Crippen LogP contribution is 2.22. The summed E-state index contributed by atoms with van der Waals surface area (Å²) in [5.74, 6) is -1.36. The number of nitrogens with one attached hydrogen (secondary N) is 2. The van der Waals surface area contributed by atoms with Gasteiger partial charge in [0.25, 0.3) is 5.91 Å². The van der Waals surface area contributed by atoms with Gasteiger partial charge in [0, 0.05) is 34.6 Å². The lowest BCUT2D eigenvalue weighted by Crippen LogP contribution is -2.45. The summed E-state index contributed by atoms with van der Waals surface area (Å²) < 4.78 is 0. The van der Waals surface area contributed by atoms with Gasteiger partial charge in [-0.05, 0) is 42.0 Å². The third kappa shape index (κ3) is 5.47. The maximum Gasteiger partial charge on any atom is 0.251 e. The van der Waals surface area contributed by atoms with Crippen LogP contribution in [0.3, 0.4) is 0 Å². The molecule has 2 rings (SSSR count). The average Bonchev–Trinajstić information content (AvgIpc) is 2.56. The molecule has 0 saturated carbocycles. The Morgan fingerprint density at radius 1 is 1.08 bits per heavy atom. The lowest BCUT2D eigenvalue weighted by Gasteiger charge is -2.16. The summed E-state index contributed by atoms with van der Waals surface area (Å²) in [7, 11) is 0. The van der Waals surface area contributed by atoms with Crippen molar-refractivity contribution in [2.24, 2.45) is 5.73 Å². The number of rotatable bonds is 6. The molecule has 4 N–H and O–H groups in total. The summed E-state index contributed by atoms with van der Waals surface area (Å²) in [5, 5.41) is 6.05. The first-order chi connectivity index (χ1) is 12.3. The fraction of sp³-hybridized carbons (Fsp3) is 0.167. The van der Waals surface area contributed by atoms with E-state index in [0.29, 0.717) is 26.9 Å². The van der Waals surface area contributed by atoms with Gasteiger partial charge >= 0.3 is 0 Å². The van der Waals surface area contributed by atoms with E-state index in [1.807, 2.05) is 0 Å². The second-order valence-electron chi connectivity index (χ2n) is 5.63. The molecule has 0 radical (unpaired) electrons. The van der Waals surface area contributed by atoms with Crippen molar-refractivity contribution in [2.45, 2.75) is 19.4 Å². The van der Waals surface area contributed by atoms with Crippen LogP contribution in [-0.2, 0) is 16.0 Å². The van der Waals surface area contributed by atoms with Crippen molar-refractivity contribution < 1.29 is 14.4 Å². The van der Waals surface area contributed by atoms with Gasteiger partial charge in [0.2, 0.25) is 11.8 Å². The van der Waals surface area contributed by atoms with Crippen molar-refractivity contribution in [1.29, 1.82) is 0 Å². The largest absolute Gasteiger partial charge is 0.368 e. The average molecular weight is 394 g/mol. The molecule has 8 heteroatoms. The van der Waals surface area contributed by atoms with Gasteiger partial charge in [-0.2, -0.15) is 0 Å². The summed E-state index contributed by atoms with van der Waals surface area (Å²) in [5.41, 5.74) is 6.93. The molecule has 0 spiro atoms. The molecule has 0 unspecified atom stereocenters. The lowest BCUT2D eigenvalue weighted by molar-refractivity contribution is -0.119. The van der Waals surface area contributed by atoms with Crippen LogP contribution in [-0.4, -0.2) is 23.8 Å². The lowest BCUT2D eigenvalue weighted by atomic mass is 10.0. The van der Waals surface area contributed by atoms with E-state index < -0.39 is 17.9 Å². The number of hydrogen-bond acceptors (Lipinski definition) is 3. The number of carbonyl (C=O) groups excluding carboxylic acids is 3. The normalized spacial score (nSPS) is 11.5. The number of carbonyl (C=O) groups is 3. The smallest absolute Gasteiger partial charge is 0.251 e. The molecule has 0 aliphatic rings. The Hall–Kier alpha value is -2.57. The van der Waals surface area contributed by atoms with Crippen molar-refractivity contribution >= 4 is 46.6 Å². The molecule has 0 fully saturated rings. The number of hydrogen-bond donors (Lipinski definition) is 3. The van der Waals surface area contributed by atoms with Gasteiger partial charge in [-0.15, -0.1) is 0 Å². The standard InChI is InChI=1S/C18H17Cl2N3O3/c1-10(24)22-14-6-3-11(4-7-14)18(26)23-16(17(21)25)8-12-2-5-13(19)9-15(12)20/h2-7,9,16H,8H2,1H3,(H2,21,25)(H,22,24)(H,23,26)/t16-/m0/s1. The molecular formula is C18H17Cl2N3O3. The predicted molar refractivity (Wildman–Crippen MR) is 101 cm³/mol. The third-order valence-corrected chi connectivity index (χ3v) is 4.14. The quantitative estimate of drug-likeness (QED) is 0.702. The molecule has 0 heterocycles. The van der Waals surface area contributed by atoms with Gasteiger partial charge in [-0.3, -0.25) is 14.4 Å². The molecule has 0 bridgehead atoms. The Morgan fingerprint density at radius 3 is 2.27 bits per heavy atom. The van der Waals surface area contributed by atoms with Gasteiger partial charge < -0.3 is 16.4 Å². The zero-order valence-electron chi connectivity index (χ0n) is 13.9. The SMILES string of the molecule is CC(=O)Nc1ccc(C(=O)N[C@@H](Cc2ccc(Cl)cc2Cl)C(N)=O)cc1. The monoisotopic (exact) mass is 393 g/mol. The van der Waals surface area contributed by atoms with E-state index in [1.54, 1.807) is 30.3 Å². The molecule has 1 atom stereocenters. The minimum atomic E-state index is -0.934. The number of amides is 3. The van der Waals surface area contributed by atoms with Gasteiger partial charge in [0.1, 0.15) is 6.04 Å². The summed E-state index contributed by atoms with van der Waals surface area (Å²) in [6.45, 7) is 1.39. The van der Waals surface area contributed by atoms with Gasteiger partial charge in [-0.25, -0.2) is 0 Å². The minimum Gasteiger partial charge on any atom is -0.368 e. The first-order valence-corrected chi connectivity index (χ1v) is 8.43. The van der Waals surface area contributed by atoms with E-state index in [1.165, 1.54) is 19.1 Å². The van der Waals surface area contributed by atoms with E-state index in [0.717, 1.165) is 0 Å². The van der Waals surface area contributed by atoms with Crippen molar-refractivity contribution in [2.75, 3.05) is 5.32 Å². The molecule has 136 valence electrons. The number of primary amides is 1. The van der Waals surface area contributed by atoms with Crippen LogP contribution < -0.4 is 16.4 Å². The summed E-state index contributed by atoms with van der Waals surface area (Å²) in [6, 6.07) is 10.2. The highest BCUT2D eigenvalue weighted by molar-refractivity contribution is 6.35. The molecule has 0 aliphatic heterocycles. The number of benzene rings is 2. The predicted octanol–water partition coefficient (Wildman–Crippen LogP) is 2.78. The summed E-state index contributed by atoms with van der Waals surface area (Å²) in [6.07, 6.45) is 0.140. The van der Waals surface area contributed by atoms with Crippen LogP contribution in [0.5, 0.6) is 0 Å². The summed E-state index contributed by atoms with van der Waals surface area (Å²) >= 11 is 12.0. The van der Waals surface area contributed by atoms with Crippen LogP contribution in [0.15, 0.2) is 42.5 Å². The van der Waals surface area contributed by atoms with Gasteiger partial charge in [-0.1, -0.05) is 29.3 Å². The Kier molecular flexibility index (Phi) is 6.60. The first kappa shape index (κ1) is 19.8. The summed E-state index contributed by atoms with van der Waals surface area (Å²) in [4.78, 5) is 35.1. The fourth-order valence-electron chi connectivity index (χ4n) is 2.28. The van der Waals surface area contributed by atoms with Crippen molar-refractivity contribution in [3.63, 3.8) is 0 Å². The fourth-order valence-corrected chi connectivity index (χ4v) is 2.77. The van der Waals surface area contributed by atoms with E-state index in [9.17, 15) is 14.4 Å². The van der Waals surface area contributed by atoms with Crippen molar-refractivity contribution in [1.82, 2.24) is 5.32 Å². The molecule has 0 aromatic heterocycles. The molecular weight excluding hydrogens is 377 g/mol. The Balaban J connectivity index is 2.10.